The van der Waals surface area contributed by atoms with Crippen molar-refractivity contribution < 1.29 is 14.3 Å². The minimum absolute atomic E-state index is 0.229. The first-order valence-electron chi connectivity index (χ1n) is 9.29. The van der Waals surface area contributed by atoms with Crippen molar-refractivity contribution in [1.29, 1.82) is 0 Å². The molecule has 4 N–H and O–H groups in total. The van der Waals surface area contributed by atoms with Gasteiger partial charge in [-0.2, -0.15) is 9.61 Å². The van der Waals surface area contributed by atoms with Gasteiger partial charge in [-0.3, -0.25) is 4.79 Å². The Bertz CT molecular complexity index is 1220. The zero-order valence-corrected chi connectivity index (χ0v) is 15.6. The molecule has 29 heavy (non-hydrogen) atoms. The third kappa shape index (κ3) is 2.93. The van der Waals surface area contributed by atoms with Gasteiger partial charge in [-0.15, -0.1) is 0 Å². The Hall–Kier alpha value is -3.66. The van der Waals surface area contributed by atoms with Crippen LogP contribution >= 0.6 is 0 Å². The monoisotopic (exact) mass is 393 g/mol. The summed E-state index contributed by atoms with van der Waals surface area (Å²) in [6.07, 6.45) is 3.83. The number of carbonyl (C=O) groups excluding carboxylic acids is 1. The van der Waals surface area contributed by atoms with Crippen LogP contribution in [0.4, 0.5) is 17.3 Å². The van der Waals surface area contributed by atoms with Gasteiger partial charge in [0.15, 0.2) is 17.6 Å². The Morgan fingerprint density at radius 2 is 2.24 bits per heavy atom. The van der Waals surface area contributed by atoms with Gasteiger partial charge in [-0.25, -0.2) is 9.97 Å². The predicted octanol–water partition coefficient (Wildman–Crippen LogP) is 1.91. The van der Waals surface area contributed by atoms with Crippen LogP contribution in [0.2, 0.25) is 0 Å². The Kier molecular flexibility index (Phi) is 4.06. The Morgan fingerprint density at radius 1 is 1.34 bits per heavy atom. The van der Waals surface area contributed by atoms with Crippen molar-refractivity contribution in [2.75, 3.05) is 17.7 Å². The molecule has 0 spiro atoms. The number of rotatable bonds is 5. The molecular weight excluding hydrogens is 374 g/mol. The number of aromatic nitrogens is 4. The highest BCUT2D eigenvalue weighted by atomic mass is 16.3. The van der Waals surface area contributed by atoms with Crippen LogP contribution in [0.1, 0.15) is 23.2 Å². The van der Waals surface area contributed by atoms with Gasteiger partial charge in [0.2, 0.25) is 0 Å². The molecule has 1 saturated carbocycles. The van der Waals surface area contributed by atoms with Crippen LogP contribution in [0.5, 0.6) is 0 Å². The number of para-hydroxylation sites is 1. The number of anilines is 3. The average Bonchev–Trinajstić information content (AvgIpc) is 3.37. The van der Waals surface area contributed by atoms with Crippen LogP contribution in [0.15, 0.2) is 41.3 Å². The fourth-order valence-corrected chi connectivity index (χ4v) is 3.39. The molecule has 0 bridgehead atoms. The Morgan fingerprint density at radius 3 is 3.00 bits per heavy atom. The highest BCUT2D eigenvalue weighted by Gasteiger charge is 2.31. The van der Waals surface area contributed by atoms with Crippen molar-refractivity contribution >= 4 is 40.0 Å². The normalized spacial score (nSPS) is 18.6. The van der Waals surface area contributed by atoms with E-state index in [4.69, 9.17) is 4.42 Å². The summed E-state index contributed by atoms with van der Waals surface area (Å²) in [5.74, 6) is 0.872. The first-order chi connectivity index (χ1) is 14.1. The highest BCUT2D eigenvalue weighted by molar-refractivity contribution is 6.00. The van der Waals surface area contributed by atoms with E-state index in [1.807, 2.05) is 18.2 Å². The molecule has 0 unspecified atom stereocenters. The maximum Gasteiger partial charge on any atom is 0.257 e. The molecule has 1 fully saturated rings. The third-order valence-electron chi connectivity index (χ3n) is 5.15. The second kappa shape index (κ2) is 6.74. The second-order valence-corrected chi connectivity index (χ2v) is 6.92. The van der Waals surface area contributed by atoms with E-state index in [2.05, 4.69) is 31.0 Å². The molecule has 5 rings (SSSR count). The number of benzene rings is 1. The van der Waals surface area contributed by atoms with Gasteiger partial charge in [0.05, 0.1) is 24.0 Å². The summed E-state index contributed by atoms with van der Waals surface area (Å²) in [5.41, 5.74) is 2.82. The summed E-state index contributed by atoms with van der Waals surface area (Å²) in [6, 6.07) is 7.12. The molecule has 2 atom stereocenters. The van der Waals surface area contributed by atoms with Crippen molar-refractivity contribution in [2.45, 2.75) is 25.0 Å². The lowest BCUT2D eigenvalue weighted by Gasteiger charge is -2.32. The van der Waals surface area contributed by atoms with Crippen molar-refractivity contribution in [3.8, 4) is 0 Å². The minimum Gasteiger partial charge on any atom is -0.443 e. The minimum atomic E-state index is -0.498. The van der Waals surface area contributed by atoms with E-state index >= 15 is 0 Å². The summed E-state index contributed by atoms with van der Waals surface area (Å²) in [7, 11) is 1.77. The number of aliphatic hydroxyl groups is 1. The van der Waals surface area contributed by atoms with Gasteiger partial charge in [-0.1, -0.05) is 6.07 Å². The van der Waals surface area contributed by atoms with Crippen molar-refractivity contribution in [2.24, 2.45) is 0 Å². The van der Waals surface area contributed by atoms with Crippen LogP contribution in [-0.4, -0.2) is 49.8 Å². The average molecular weight is 393 g/mol. The number of fused-ring (bicyclic) bond motifs is 2. The van der Waals surface area contributed by atoms with Gasteiger partial charge >= 0.3 is 0 Å². The number of hydrogen-bond donors (Lipinski definition) is 4. The zero-order valence-electron chi connectivity index (χ0n) is 15.6. The second-order valence-electron chi connectivity index (χ2n) is 6.92. The highest BCUT2D eigenvalue weighted by Crippen LogP contribution is 2.27. The number of carbonyl (C=O) groups is 1. The molecule has 1 aromatic carbocycles. The van der Waals surface area contributed by atoms with E-state index < -0.39 is 6.10 Å². The molecule has 10 heteroatoms. The lowest BCUT2D eigenvalue weighted by Crippen LogP contribution is -2.50. The molecule has 1 aliphatic rings. The quantitative estimate of drug-likeness (QED) is 0.405. The van der Waals surface area contributed by atoms with E-state index in [1.165, 1.54) is 12.6 Å². The van der Waals surface area contributed by atoms with Gasteiger partial charge in [0, 0.05) is 13.1 Å². The van der Waals surface area contributed by atoms with Gasteiger partial charge in [-0.05, 0) is 25.0 Å². The molecule has 10 nitrogen and oxygen atoms in total. The first-order valence-corrected chi connectivity index (χ1v) is 9.29. The lowest BCUT2D eigenvalue weighted by atomic mass is 9.89. The molecule has 0 radical (unpaired) electrons. The molecule has 1 amide bonds. The van der Waals surface area contributed by atoms with Gasteiger partial charge < -0.3 is 25.5 Å². The molecule has 3 heterocycles. The summed E-state index contributed by atoms with van der Waals surface area (Å²) < 4.78 is 6.90. The number of hydrogen-bond acceptors (Lipinski definition) is 8. The van der Waals surface area contributed by atoms with E-state index in [9.17, 15) is 9.90 Å². The summed E-state index contributed by atoms with van der Waals surface area (Å²) in [4.78, 5) is 21.5. The summed E-state index contributed by atoms with van der Waals surface area (Å²) in [5, 5.41) is 23.2. The first kappa shape index (κ1) is 17.4. The van der Waals surface area contributed by atoms with E-state index in [-0.39, 0.29) is 11.9 Å². The number of nitrogens with zero attached hydrogens (tertiary/aromatic N) is 4. The fraction of sp³-hybridized carbons (Fsp3) is 0.263. The van der Waals surface area contributed by atoms with E-state index in [1.54, 1.807) is 17.6 Å². The maximum atomic E-state index is 12.7. The Balaban J connectivity index is 1.52. The number of amides is 1. The van der Waals surface area contributed by atoms with Crippen molar-refractivity contribution in [3.63, 3.8) is 0 Å². The maximum absolute atomic E-state index is 12.7. The topological polar surface area (TPSA) is 130 Å². The molecule has 4 aromatic rings. The van der Waals surface area contributed by atoms with E-state index in [0.717, 1.165) is 12.1 Å². The summed E-state index contributed by atoms with van der Waals surface area (Å²) >= 11 is 0. The largest absolute Gasteiger partial charge is 0.443 e. The van der Waals surface area contributed by atoms with Crippen LogP contribution < -0.4 is 16.0 Å². The number of oxazole rings is 1. The lowest BCUT2D eigenvalue weighted by molar-refractivity contribution is 0.0448. The van der Waals surface area contributed by atoms with Gasteiger partial charge in [0.1, 0.15) is 22.7 Å². The standard InChI is InChI=1S/C19H19N7O3/c1-20-16-7-15(23-12-3-2-4-14-17(12)21-9-29-14)25-18-10(8-22-26(16)18)19(28)24-11-5-6-13(11)27/h2-4,7-9,11,13,20,27H,5-6H2,1H3,(H,23,25)(H,24,28)/t11-,13+/m0/s1. The SMILES string of the molecule is CNc1cc(Nc2cccc3ocnc23)nc2c(C(=O)N[C@H]3CC[C@H]3O)cnn12. The van der Waals surface area contributed by atoms with Crippen LogP contribution in [-0.2, 0) is 0 Å². The van der Waals surface area contributed by atoms with Crippen molar-refractivity contribution in [1.82, 2.24) is 24.9 Å². The third-order valence-corrected chi connectivity index (χ3v) is 5.15. The van der Waals surface area contributed by atoms with Crippen LogP contribution in [0, 0.1) is 0 Å². The Labute approximate surface area is 164 Å². The molecule has 1 aliphatic carbocycles. The molecule has 148 valence electrons. The molecule has 0 aliphatic heterocycles. The molecular formula is C19H19N7O3. The molecule has 0 saturated heterocycles. The van der Waals surface area contributed by atoms with Crippen molar-refractivity contribution in [3.05, 3.63) is 42.4 Å². The van der Waals surface area contributed by atoms with Gasteiger partial charge in [0.25, 0.3) is 5.91 Å². The zero-order chi connectivity index (χ0) is 20.0. The van der Waals surface area contributed by atoms with Crippen LogP contribution in [0.25, 0.3) is 16.7 Å². The molecule has 3 aromatic heterocycles. The number of aliphatic hydroxyl groups excluding tert-OH is 1. The fourth-order valence-electron chi connectivity index (χ4n) is 3.39. The van der Waals surface area contributed by atoms with E-state index in [0.29, 0.717) is 40.4 Å². The van der Waals surface area contributed by atoms with Crippen LogP contribution in [0.3, 0.4) is 0 Å². The number of nitrogens with one attached hydrogen (secondary N) is 3. The predicted molar refractivity (Wildman–Crippen MR) is 106 cm³/mol. The summed E-state index contributed by atoms with van der Waals surface area (Å²) in [6.45, 7) is 0. The smallest absolute Gasteiger partial charge is 0.257 e.